The second kappa shape index (κ2) is 12.7. The van der Waals surface area contributed by atoms with Crippen LogP contribution in [0.25, 0.3) is 9.53 Å². The number of aromatic nitrogens is 1. The van der Waals surface area contributed by atoms with Gasteiger partial charge in [0.2, 0.25) is 0 Å². The Bertz CT molecular complexity index is 601. The molecule has 1 amide bonds. The summed E-state index contributed by atoms with van der Waals surface area (Å²) in [7, 11) is 1.67. The first kappa shape index (κ1) is 24.4. The summed E-state index contributed by atoms with van der Waals surface area (Å²) in [6.07, 6.45) is 0. The van der Waals surface area contributed by atoms with E-state index in [1.807, 2.05) is 6.07 Å². The molecule has 2 aromatic heterocycles. The van der Waals surface area contributed by atoms with Gasteiger partial charge in [-0.25, -0.2) is 4.98 Å². The van der Waals surface area contributed by atoms with Crippen LogP contribution in [0.2, 0.25) is 0 Å². The van der Waals surface area contributed by atoms with Crippen LogP contribution in [0.15, 0.2) is 6.07 Å². The van der Waals surface area contributed by atoms with Gasteiger partial charge >= 0.3 is 0 Å². The average Bonchev–Trinajstić information content (AvgIpc) is 3.10. The fourth-order valence-corrected chi connectivity index (χ4v) is 4.37. The maximum atomic E-state index is 12.1. The van der Waals surface area contributed by atoms with Crippen molar-refractivity contribution in [1.82, 2.24) is 15.6 Å². The molecule has 0 aliphatic heterocycles. The van der Waals surface area contributed by atoms with Gasteiger partial charge in [-0.1, -0.05) is 11.3 Å². The van der Waals surface area contributed by atoms with Crippen molar-refractivity contribution in [3.05, 3.63) is 10.9 Å². The van der Waals surface area contributed by atoms with Gasteiger partial charge in [0, 0.05) is 39.8 Å². The summed E-state index contributed by atoms with van der Waals surface area (Å²) in [5.41, 5.74) is 0. The molecular weight excluding hydrogens is 403 g/mol. The van der Waals surface area contributed by atoms with Crippen molar-refractivity contribution < 1.29 is 9.53 Å². The van der Waals surface area contributed by atoms with E-state index >= 15 is 0 Å². The van der Waals surface area contributed by atoms with Gasteiger partial charge in [-0.3, -0.25) is 4.79 Å². The number of fused-ring (bicyclic) bond motifs is 1. The van der Waals surface area contributed by atoms with Gasteiger partial charge in [-0.15, -0.1) is 36.2 Å². The standard InChI is InChI=1S/C15H24N4O2S2.2ClH/c1-4-19(5-2)15-18-14-12(23-15)10-11(22-14)13(20)17-7-6-16-8-9-21-3;;/h10,16H,4-9H2,1-3H3,(H,17,20);2*1H. The van der Waals surface area contributed by atoms with Crippen LogP contribution in [-0.2, 0) is 4.74 Å². The Labute approximate surface area is 169 Å². The van der Waals surface area contributed by atoms with Crippen LogP contribution in [-0.4, -0.2) is 57.3 Å². The van der Waals surface area contributed by atoms with Gasteiger partial charge in [0.05, 0.1) is 16.2 Å². The van der Waals surface area contributed by atoms with Crippen molar-refractivity contribution in [1.29, 1.82) is 0 Å². The number of thiophene rings is 1. The first-order valence-corrected chi connectivity index (χ1v) is 9.46. The minimum absolute atomic E-state index is 0. The van der Waals surface area contributed by atoms with Crippen molar-refractivity contribution in [3.8, 4) is 0 Å². The molecule has 2 rings (SSSR count). The number of amides is 1. The van der Waals surface area contributed by atoms with Crippen LogP contribution in [0.5, 0.6) is 0 Å². The molecule has 0 radical (unpaired) electrons. The zero-order valence-electron chi connectivity index (χ0n) is 14.7. The number of carbonyl (C=O) groups is 1. The van der Waals surface area contributed by atoms with Crippen molar-refractivity contribution in [2.45, 2.75) is 13.8 Å². The number of halogens is 2. The molecule has 2 aromatic rings. The zero-order chi connectivity index (χ0) is 16.7. The van der Waals surface area contributed by atoms with Crippen LogP contribution in [0, 0.1) is 0 Å². The number of nitrogens with zero attached hydrogens (tertiary/aromatic N) is 2. The van der Waals surface area contributed by atoms with Crippen molar-refractivity contribution in [2.24, 2.45) is 0 Å². The molecular formula is C15H26Cl2N4O2S2. The maximum absolute atomic E-state index is 12.1. The topological polar surface area (TPSA) is 66.5 Å². The van der Waals surface area contributed by atoms with E-state index in [-0.39, 0.29) is 30.7 Å². The lowest BCUT2D eigenvalue weighted by Gasteiger charge is -2.16. The van der Waals surface area contributed by atoms with Crippen molar-refractivity contribution in [3.63, 3.8) is 0 Å². The number of hydrogen-bond donors (Lipinski definition) is 2. The number of carbonyl (C=O) groups excluding carboxylic acids is 1. The fraction of sp³-hybridized carbons (Fsp3) is 0.600. The summed E-state index contributed by atoms with van der Waals surface area (Å²) in [5, 5.41) is 7.15. The summed E-state index contributed by atoms with van der Waals surface area (Å²) in [5.74, 6) is -0.0295. The first-order valence-electron chi connectivity index (χ1n) is 7.82. The number of methoxy groups -OCH3 is 1. The zero-order valence-corrected chi connectivity index (χ0v) is 17.9. The van der Waals surface area contributed by atoms with Crippen LogP contribution in [0.1, 0.15) is 23.5 Å². The van der Waals surface area contributed by atoms with Crippen LogP contribution in [0.3, 0.4) is 0 Å². The van der Waals surface area contributed by atoms with Crippen LogP contribution in [0.4, 0.5) is 5.13 Å². The molecule has 144 valence electrons. The quantitative estimate of drug-likeness (QED) is 0.569. The van der Waals surface area contributed by atoms with Crippen LogP contribution < -0.4 is 15.5 Å². The molecule has 6 nitrogen and oxygen atoms in total. The number of thiazole rings is 1. The Kier molecular flexibility index (Phi) is 12.3. The molecule has 2 heterocycles. The third-order valence-corrected chi connectivity index (χ3v) is 5.63. The molecule has 0 saturated carbocycles. The molecule has 0 saturated heterocycles. The largest absolute Gasteiger partial charge is 0.383 e. The highest BCUT2D eigenvalue weighted by molar-refractivity contribution is 7.29. The number of ether oxygens (including phenoxy) is 1. The second-order valence-corrected chi connectivity index (χ2v) is 6.99. The average molecular weight is 429 g/mol. The number of nitrogens with one attached hydrogen (secondary N) is 2. The highest BCUT2D eigenvalue weighted by Crippen LogP contribution is 2.34. The molecule has 2 N–H and O–H groups in total. The minimum atomic E-state index is -0.0295. The summed E-state index contributed by atoms with van der Waals surface area (Å²) < 4.78 is 6.03. The Morgan fingerprint density at radius 1 is 1.20 bits per heavy atom. The third kappa shape index (κ3) is 6.88. The number of hydrogen-bond acceptors (Lipinski definition) is 7. The van der Waals surface area contributed by atoms with E-state index in [0.29, 0.717) is 13.2 Å². The molecule has 0 bridgehead atoms. The summed E-state index contributed by atoms with van der Waals surface area (Å²) in [4.78, 5) is 20.7. The van der Waals surface area contributed by atoms with Gasteiger partial charge in [-0.05, 0) is 19.9 Å². The predicted octanol–water partition coefficient (Wildman–Crippen LogP) is 3.01. The Morgan fingerprint density at radius 2 is 1.92 bits per heavy atom. The molecule has 0 unspecified atom stereocenters. The highest BCUT2D eigenvalue weighted by Gasteiger charge is 2.15. The molecule has 0 aliphatic rings. The minimum Gasteiger partial charge on any atom is -0.383 e. The second-order valence-electron chi connectivity index (χ2n) is 4.95. The number of anilines is 1. The molecule has 0 atom stereocenters. The van der Waals surface area contributed by atoms with Crippen molar-refractivity contribution in [2.75, 3.05) is 51.3 Å². The summed E-state index contributed by atoms with van der Waals surface area (Å²) in [6.45, 7) is 8.94. The molecule has 0 fully saturated rings. The van der Waals surface area contributed by atoms with Gasteiger partial charge < -0.3 is 20.3 Å². The summed E-state index contributed by atoms with van der Waals surface area (Å²) >= 11 is 3.11. The van der Waals surface area contributed by atoms with E-state index in [2.05, 4.69) is 34.4 Å². The Hall–Kier alpha value is -0.640. The lowest BCUT2D eigenvalue weighted by atomic mass is 10.4. The Balaban J connectivity index is 0.00000288. The predicted molar refractivity (Wildman–Crippen MR) is 113 cm³/mol. The highest BCUT2D eigenvalue weighted by atomic mass is 35.5. The lowest BCUT2D eigenvalue weighted by molar-refractivity contribution is 0.0958. The van der Waals surface area contributed by atoms with E-state index in [4.69, 9.17) is 4.74 Å². The van der Waals surface area contributed by atoms with E-state index in [1.54, 1.807) is 18.4 Å². The smallest absolute Gasteiger partial charge is 0.261 e. The SMILES string of the molecule is CCN(CC)c1nc2sc(C(=O)NCCNCCOC)cc2s1.Cl.Cl. The fourth-order valence-electron chi connectivity index (χ4n) is 2.12. The monoisotopic (exact) mass is 428 g/mol. The van der Waals surface area contributed by atoms with E-state index < -0.39 is 0 Å². The van der Waals surface area contributed by atoms with E-state index in [0.717, 1.165) is 45.7 Å². The van der Waals surface area contributed by atoms with Crippen LogP contribution >= 0.6 is 47.5 Å². The maximum Gasteiger partial charge on any atom is 0.261 e. The van der Waals surface area contributed by atoms with Gasteiger partial charge in [0.25, 0.3) is 5.91 Å². The molecule has 0 aromatic carbocycles. The van der Waals surface area contributed by atoms with Gasteiger partial charge in [-0.2, -0.15) is 0 Å². The Morgan fingerprint density at radius 3 is 2.52 bits per heavy atom. The number of rotatable bonds is 10. The lowest BCUT2D eigenvalue weighted by Crippen LogP contribution is -2.32. The third-order valence-electron chi connectivity index (χ3n) is 3.41. The summed E-state index contributed by atoms with van der Waals surface area (Å²) in [6, 6.07) is 1.94. The van der Waals surface area contributed by atoms with E-state index in [1.165, 1.54) is 11.3 Å². The molecule has 25 heavy (non-hydrogen) atoms. The van der Waals surface area contributed by atoms with Gasteiger partial charge in [0.15, 0.2) is 5.13 Å². The van der Waals surface area contributed by atoms with Gasteiger partial charge in [0.1, 0.15) is 4.83 Å². The molecule has 0 aliphatic carbocycles. The molecule has 0 spiro atoms. The van der Waals surface area contributed by atoms with Crippen molar-refractivity contribution >= 4 is 68.1 Å². The normalized spacial score (nSPS) is 10.2. The van der Waals surface area contributed by atoms with E-state index in [9.17, 15) is 4.79 Å². The molecule has 10 heteroatoms. The first-order chi connectivity index (χ1) is 11.2.